The summed E-state index contributed by atoms with van der Waals surface area (Å²) in [4.78, 5) is 29.6. The second-order valence-corrected chi connectivity index (χ2v) is 9.83. The molecule has 4 aromatic rings. The minimum absolute atomic E-state index is 0.0997. The smallest absolute Gasteiger partial charge is 0.249 e. The van der Waals surface area contributed by atoms with Gasteiger partial charge in [-0.15, -0.1) is 5.10 Å². The van der Waals surface area contributed by atoms with Crippen LogP contribution in [0.1, 0.15) is 37.4 Å². The highest BCUT2D eigenvalue weighted by Crippen LogP contribution is 2.35. The van der Waals surface area contributed by atoms with E-state index in [4.69, 9.17) is 9.47 Å². The topological polar surface area (TPSA) is 98.6 Å². The zero-order valence-electron chi connectivity index (χ0n) is 23.0. The molecule has 204 valence electrons. The zero-order chi connectivity index (χ0) is 27.9. The number of amides is 2. The summed E-state index contributed by atoms with van der Waals surface area (Å²) in [7, 11) is 3.09. The first-order chi connectivity index (χ1) is 18.8. The second-order valence-electron chi connectivity index (χ2n) is 9.83. The van der Waals surface area contributed by atoms with Crippen molar-refractivity contribution in [3.8, 4) is 11.5 Å². The van der Waals surface area contributed by atoms with Crippen LogP contribution in [0.25, 0.3) is 11.0 Å². The fourth-order valence-electron chi connectivity index (χ4n) is 4.47. The van der Waals surface area contributed by atoms with Gasteiger partial charge in [-0.3, -0.25) is 14.5 Å². The lowest BCUT2D eigenvalue weighted by Crippen LogP contribution is -2.45. The van der Waals surface area contributed by atoms with Crippen molar-refractivity contribution in [2.75, 3.05) is 25.7 Å². The van der Waals surface area contributed by atoms with Gasteiger partial charge in [0, 0.05) is 12.2 Å². The van der Waals surface area contributed by atoms with Crippen molar-refractivity contribution in [3.63, 3.8) is 0 Å². The van der Waals surface area contributed by atoms with Crippen LogP contribution in [-0.4, -0.2) is 47.6 Å². The summed E-state index contributed by atoms with van der Waals surface area (Å²) in [6.07, 6.45) is 0.813. The first kappa shape index (κ1) is 27.6. The Labute approximate surface area is 228 Å². The van der Waals surface area contributed by atoms with Crippen LogP contribution in [0.4, 0.5) is 5.69 Å². The molecule has 0 bridgehead atoms. The van der Waals surface area contributed by atoms with E-state index >= 15 is 0 Å². The van der Waals surface area contributed by atoms with Gasteiger partial charge in [0.25, 0.3) is 0 Å². The Balaban J connectivity index is 1.81. The van der Waals surface area contributed by atoms with Gasteiger partial charge < -0.3 is 14.8 Å². The number of fused-ring (bicyclic) bond motifs is 1. The number of anilines is 1. The molecule has 0 radical (unpaired) electrons. The van der Waals surface area contributed by atoms with Crippen molar-refractivity contribution < 1.29 is 19.1 Å². The molecule has 0 saturated heterocycles. The molecule has 0 spiro atoms. The molecule has 0 aliphatic rings. The summed E-state index contributed by atoms with van der Waals surface area (Å²) < 4.78 is 12.5. The minimum atomic E-state index is -0.971. The molecule has 39 heavy (non-hydrogen) atoms. The van der Waals surface area contributed by atoms with Gasteiger partial charge in [-0.1, -0.05) is 49.4 Å². The molecule has 9 heteroatoms. The molecule has 2 amide bonds. The molecule has 9 nitrogen and oxygen atoms in total. The average Bonchev–Trinajstić information content (AvgIpc) is 3.33. The summed E-state index contributed by atoms with van der Waals surface area (Å²) in [6.45, 7) is 6.54. The van der Waals surface area contributed by atoms with Crippen molar-refractivity contribution in [2.24, 2.45) is 5.92 Å². The van der Waals surface area contributed by atoms with Crippen LogP contribution in [0, 0.1) is 12.8 Å². The number of carbonyl (C=O) groups is 2. The van der Waals surface area contributed by atoms with Gasteiger partial charge in [-0.2, -0.15) is 0 Å². The van der Waals surface area contributed by atoms with E-state index in [1.54, 1.807) is 37.1 Å². The molecule has 0 aliphatic heterocycles. The number of benzene rings is 3. The monoisotopic (exact) mass is 529 g/mol. The summed E-state index contributed by atoms with van der Waals surface area (Å²) in [6, 6.07) is 19.3. The lowest BCUT2D eigenvalue weighted by Gasteiger charge is -2.32. The molecule has 1 N–H and O–H groups in total. The number of hydrogen-bond acceptors (Lipinski definition) is 6. The maximum absolute atomic E-state index is 14.1. The zero-order valence-corrected chi connectivity index (χ0v) is 23.0. The Morgan fingerprint density at radius 3 is 2.46 bits per heavy atom. The Hall–Kier alpha value is -4.40. The number of aryl methyl sites for hydroxylation is 1. The van der Waals surface area contributed by atoms with Crippen LogP contribution in [0.2, 0.25) is 0 Å². The van der Waals surface area contributed by atoms with E-state index in [2.05, 4.69) is 29.5 Å². The molecule has 0 saturated carbocycles. The predicted octanol–water partition coefficient (Wildman–Crippen LogP) is 4.69. The van der Waals surface area contributed by atoms with Gasteiger partial charge in [0.2, 0.25) is 11.8 Å². The van der Waals surface area contributed by atoms with Crippen molar-refractivity contribution >= 4 is 28.5 Å². The first-order valence-electron chi connectivity index (χ1n) is 13.0. The van der Waals surface area contributed by atoms with E-state index in [0.29, 0.717) is 40.7 Å². The van der Waals surface area contributed by atoms with Gasteiger partial charge in [0.1, 0.15) is 18.1 Å². The van der Waals surface area contributed by atoms with E-state index in [-0.39, 0.29) is 18.4 Å². The number of hydrogen-bond donors (Lipinski definition) is 1. The Bertz CT molecular complexity index is 1450. The molecule has 1 aromatic heterocycles. The number of carbonyl (C=O) groups excluding carboxylic acids is 2. The molecule has 1 heterocycles. The van der Waals surface area contributed by atoms with Gasteiger partial charge in [-0.05, 0) is 66.8 Å². The van der Waals surface area contributed by atoms with E-state index in [1.807, 2.05) is 55.5 Å². The molecule has 0 fully saturated rings. The second kappa shape index (κ2) is 12.4. The van der Waals surface area contributed by atoms with Crippen molar-refractivity contribution in [2.45, 2.75) is 39.8 Å². The predicted molar refractivity (Wildman–Crippen MR) is 151 cm³/mol. The highest BCUT2D eigenvalue weighted by molar-refractivity contribution is 6.01. The van der Waals surface area contributed by atoms with Crippen LogP contribution >= 0.6 is 0 Å². The number of rotatable bonds is 11. The lowest BCUT2D eigenvalue weighted by atomic mass is 10.0. The number of nitrogens with one attached hydrogen (secondary N) is 1. The summed E-state index contributed by atoms with van der Waals surface area (Å²) in [5.41, 5.74) is 3.58. The highest BCUT2D eigenvalue weighted by Gasteiger charge is 2.34. The van der Waals surface area contributed by atoms with Crippen LogP contribution in [-0.2, 0) is 16.1 Å². The molecule has 4 rings (SSSR count). The normalized spacial score (nSPS) is 11.8. The first-order valence-corrected chi connectivity index (χ1v) is 13.0. The molecule has 0 unspecified atom stereocenters. The van der Waals surface area contributed by atoms with Gasteiger partial charge in [0.05, 0.1) is 19.7 Å². The van der Waals surface area contributed by atoms with E-state index in [1.165, 1.54) is 4.90 Å². The standard InChI is InChI=1S/C30H35N5O4/c1-20(2)15-16-31-30(37)29(22-13-14-26(38-4)27(18-22)39-5)35(23-10-8-9-21(3)17-23)28(36)19-34-25-12-7-6-11-24(25)32-33-34/h6-14,17-18,20,29H,15-16,19H2,1-5H3,(H,31,37)/t29-/m1/s1. The third-order valence-electron chi connectivity index (χ3n) is 6.50. The quantitative estimate of drug-likeness (QED) is 0.303. The average molecular weight is 530 g/mol. The Morgan fingerprint density at radius 2 is 1.74 bits per heavy atom. The van der Waals surface area contributed by atoms with Gasteiger partial charge >= 0.3 is 0 Å². The van der Waals surface area contributed by atoms with Crippen molar-refractivity contribution in [1.29, 1.82) is 0 Å². The maximum atomic E-state index is 14.1. The summed E-state index contributed by atoms with van der Waals surface area (Å²) in [5, 5.41) is 11.4. The Morgan fingerprint density at radius 1 is 0.974 bits per heavy atom. The third-order valence-corrected chi connectivity index (χ3v) is 6.50. The van der Waals surface area contributed by atoms with Gasteiger partial charge in [0.15, 0.2) is 11.5 Å². The number of para-hydroxylation sites is 1. The molecule has 1 atom stereocenters. The van der Waals surface area contributed by atoms with Crippen LogP contribution in [0.15, 0.2) is 66.7 Å². The van der Waals surface area contributed by atoms with E-state index < -0.39 is 6.04 Å². The molecular weight excluding hydrogens is 494 g/mol. The lowest BCUT2D eigenvalue weighted by molar-refractivity contribution is -0.127. The van der Waals surface area contributed by atoms with Crippen molar-refractivity contribution in [3.05, 3.63) is 77.9 Å². The largest absolute Gasteiger partial charge is 0.493 e. The third kappa shape index (κ3) is 6.37. The number of aromatic nitrogens is 3. The number of nitrogens with zero attached hydrogens (tertiary/aromatic N) is 4. The fraction of sp³-hybridized carbons (Fsp3) is 0.333. The molecule has 0 aliphatic carbocycles. The Kier molecular flexibility index (Phi) is 8.81. The van der Waals surface area contributed by atoms with Crippen LogP contribution < -0.4 is 19.7 Å². The van der Waals surface area contributed by atoms with E-state index in [0.717, 1.165) is 17.5 Å². The summed E-state index contributed by atoms with van der Waals surface area (Å²) in [5.74, 6) is 0.813. The fourth-order valence-corrected chi connectivity index (χ4v) is 4.47. The molecular formula is C30H35N5O4. The maximum Gasteiger partial charge on any atom is 0.249 e. The number of ether oxygens (including phenoxy) is 2. The van der Waals surface area contributed by atoms with Crippen molar-refractivity contribution in [1.82, 2.24) is 20.3 Å². The highest BCUT2D eigenvalue weighted by atomic mass is 16.5. The SMILES string of the molecule is COc1ccc([C@H](C(=O)NCCC(C)C)N(C(=O)Cn2nnc3ccccc32)c2cccc(C)c2)cc1OC. The molecule has 3 aromatic carbocycles. The van der Waals surface area contributed by atoms with Gasteiger partial charge in [-0.25, -0.2) is 4.68 Å². The van der Waals surface area contributed by atoms with Crippen LogP contribution in [0.5, 0.6) is 11.5 Å². The minimum Gasteiger partial charge on any atom is -0.493 e. The summed E-state index contributed by atoms with van der Waals surface area (Å²) >= 11 is 0. The number of methoxy groups -OCH3 is 2. The van der Waals surface area contributed by atoms with E-state index in [9.17, 15) is 9.59 Å². The van der Waals surface area contributed by atoms with Crippen LogP contribution in [0.3, 0.4) is 0 Å².